The minimum Gasteiger partial charge on any atom is -0.311 e. The summed E-state index contributed by atoms with van der Waals surface area (Å²) in [6, 6.07) is 0.741. The number of hydrogen-bond donors (Lipinski definition) is 1. The average molecular weight is 296 g/mol. The molecule has 2 heterocycles. The SMILES string of the molecule is CCNCc1nc(CN(C)CC2CCCN2CC)cs1. The van der Waals surface area contributed by atoms with E-state index in [9.17, 15) is 0 Å². The van der Waals surface area contributed by atoms with Crippen LogP contribution in [0.2, 0.25) is 0 Å². The van der Waals surface area contributed by atoms with Crippen LogP contribution >= 0.6 is 11.3 Å². The van der Waals surface area contributed by atoms with Gasteiger partial charge < -0.3 is 5.32 Å². The monoisotopic (exact) mass is 296 g/mol. The van der Waals surface area contributed by atoms with E-state index < -0.39 is 0 Å². The van der Waals surface area contributed by atoms with Gasteiger partial charge in [0.2, 0.25) is 0 Å². The van der Waals surface area contributed by atoms with E-state index in [0.29, 0.717) is 0 Å². The van der Waals surface area contributed by atoms with Crippen LogP contribution in [-0.2, 0) is 13.1 Å². The normalized spacial score (nSPS) is 20.1. The van der Waals surface area contributed by atoms with Crippen LogP contribution in [0.15, 0.2) is 5.38 Å². The van der Waals surface area contributed by atoms with Gasteiger partial charge in [0.05, 0.1) is 5.69 Å². The molecular formula is C15H28N4S. The van der Waals surface area contributed by atoms with Crippen LogP contribution in [0.1, 0.15) is 37.4 Å². The molecular weight excluding hydrogens is 268 g/mol. The summed E-state index contributed by atoms with van der Waals surface area (Å²) in [7, 11) is 2.22. The standard InChI is InChI=1S/C15H28N4S/c1-4-16-9-15-17-13(12-20-15)10-18(3)11-14-7-6-8-19(14)5-2/h12,14,16H,4-11H2,1-3H3. The molecule has 0 aromatic carbocycles. The number of rotatable bonds is 8. The van der Waals surface area contributed by atoms with E-state index in [1.807, 2.05) is 0 Å². The largest absolute Gasteiger partial charge is 0.311 e. The second-order valence-corrected chi connectivity index (χ2v) is 6.58. The lowest BCUT2D eigenvalue weighted by molar-refractivity contribution is 0.194. The summed E-state index contributed by atoms with van der Waals surface area (Å²) in [4.78, 5) is 9.73. The number of likely N-dealkylation sites (N-methyl/N-ethyl adjacent to an activating group) is 2. The zero-order chi connectivity index (χ0) is 14.4. The van der Waals surface area contributed by atoms with Crippen LogP contribution in [0.25, 0.3) is 0 Å². The first-order valence-electron chi connectivity index (χ1n) is 7.79. The molecule has 1 N–H and O–H groups in total. The van der Waals surface area contributed by atoms with E-state index >= 15 is 0 Å². The maximum absolute atomic E-state index is 4.70. The summed E-state index contributed by atoms with van der Waals surface area (Å²) in [6.07, 6.45) is 2.71. The third-order valence-corrected chi connectivity index (χ3v) is 4.88. The minimum absolute atomic E-state index is 0.741. The molecule has 0 saturated carbocycles. The van der Waals surface area contributed by atoms with Crippen molar-refractivity contribution in [3.8, 4) is 0 Å². The maximum Gasteiger partial charge on any atom is 0.107 e. The van der Waals surface area contributed by atoms with Crippen molar-refractivity contribution in [1.29, 1.82) is 0 Å². The highest BCUT2D eigenvalue weighted by atomic mass is 32.1. The summed E-state index contributed by atoms with van der Waals surface area (Å²) in [5.74, 6) is 0. The Hall–Kier alpha value is -0.490. The van der Waals surface area contributed by atoms with Crippen molar-refractivity contribution in [1.82, 2.24) is 20.1 Å². The van der Waals surface area contributed by atoms with Crippen LogP contribution in [0.4, 0.5) is 0 Å². The van der Waals surface area contributed by atoms with Crippen molar-refractivity contribution in [2.75, 3.05) is 33.2 Å². The Kier molecular flexibility index (Phi) is 6.42. The van der Waals surface area contributed by atoms with Gasteiger partial charge in [-0.1, -0.05) is 13.8 Å². The number of hydrogen-bond acceptors (Lipinski definition) is 5. The van der Waals surface area contributed by atoms with E-state index in [1.54, 1.807) is 11.3 Å². The molecule has 1 unspecified atom stereocenters. The Morgan fingerprint density at radius 3 is 3.10 bits per heavy atom. The summed E-state index contributed by atoms with van der Waals surface area (Å²) < 4.78 is 0. The van der Waals surface area contributed by atoms with Crippen molar-refractivity contribution in [2.24, 2.45) is 0 Å². The molecule has 1 fully saturated rings. The molecule has 2 rings (SSSR count). The lowest BCUT2D eigenvalue weighted by atomic mass is 10.2. The van der Waals surface area contributed by atoms with Gasteiger partial charge in [0.15, 0.2) is 0 Å². The van der Waals surface area contributed by atoms with E-state index in [0.717, 1.165) is 32.2 Å². The fourth-order valence-electron chi connectivity index (χ4n) is 2.95. The number of nitrogens with one attached hydrogen (secondary N) is 1. The number of nitrogens with zero attached hydrogens (tertiary/aromatic N) is 3. The van der Waals surface area contributed by atoms with Crippen LogP contribution in [0.5, 0.6) is 0 Å². The van der Waals surface area contributed by atoms with E-state index in [4.69, 9.17) is 4.98 Å². The summed E-state index contributed by atoms with van der Waals surface area (Å²) in [5.41, 5.74) is 1.21. The van der Waals surface area contributed by atoms with E-state index in [-0.39, 0.29) is 0 Å². The van der Waals surface area contributed by atoms with Crippen LogP contribution in [0, 0.1) is 0 Å². The third-order valence-electron chi connectivity index (χ3n) is 3.99. The van der Waals surface area contributed by atoms with Gasteiger partial charge in [-0.05, 0) is 39.5 Å². The molecule has 0 aliphatic carbocycles. The predicted octanol–water partition coefficient (Wildman–Crippen LogP) is 2.17. The fraction of sp³-hybridized carbons (Fsp3) is 0.800. The second kappa shape index (κ2) is 8.08. The van der Waals surface area contributed by atoms with Gasteiger partial charge in [0.1, 0.15) is 5.01 Å². The van der Waals surface area contributed by atoms with Crippen molar-refractivity contribution in [3.05, 3.63) is 16.1 Å². The van der Waals surface area contributed by atoms with E-state index in [2.05, 4.69) is 41.4 Å². The minimum atomic E-state index is 0.741. The summed E-state index contributed by atoms with van der Waals surface area (Å²) >= 11 is 1.77. The molecule has 1 saturated heterocycles. The molecule has 0 amide bonds. The second-order valence-electron chi connectivity index (χ2n) is 5.63. The maximum atomic E-state index is 4.70. The number of thiazole rings is 1. The van der Waals surface area contributed by atoms with Gasteiger partial charge in [0, 0.05) is 31.1 Å². The van der Waals surface area contributed by atoms with Gasteiger partial charge in [-0.15, -0.1) is 11.3 Å². The van der Waals surface area contributed by atoms with Gasteiger partial charge in [-0.2, -0.15) is 0 Å². The molecule has 1 atom stereocenters. The molecule has 1 aliphatic rings. The number of likely N-dealkylation sites (tertiary alicyclic amines) is 1. The Labute approximate surface area is 127 Å². The van der Waals surface area contributed by atoms with Crippen LogP contribution in [-0.4, -0.2) is 54.1 Å². The number of aromatic nitrogens is 1. The zero-order valence-corrected chi connectivity index (χ0v) is 13.9. The smallest absolute Gasteiger partial charge is 0.107 e. The lowest BCUT2D eigenvalue weighted by Gasteiger charge is -2.27. The molecule has 20 heavy (non-hydrogen) atoms. The highest BCUT2D eigenvalue weighted by Gasteiger charge is 2.24. The van der Waals surface area contributed by atoms with Gasteiger partial charge >= 0.3 is 0 Å². The van der Waals surface area contributed by atoms with Gasteiger partial charge in [-0.3, -0.25) is 9.80 Å². The summed E-state index contributed by atoms with van der Waals surface area (Å²) in [6.45, 7) is 10.9. The molecule has 1 aliphatic heterocycles. The Bertz CT molecular complexity index is 393. The van der Waals surface area contributed by atoms with Gasteiger partial charge in [0.25, 0.3) is 0 Å². The van der Waals surface area contributed by atoms with E-state index in [1.165, 1.54) is 36.6 Å². The molecule has 0 bridgehead atoms. The predicted molar refractivity (Wildman–Crippen MR) is 86.1 cm³/mol. The molecule has 5 heteroatoms. The molecule has 4 nitrogen and oxygen atoms in total. The molecule has 0 spiro atoms. The first-order valence-corrected chi connectivity index (χ1v) is 8.67. The molecule has 114 valence electrons. The lowest BCUT2D eigenvalue weighted by Crippen LogP contribution is -2.38. The first-order chi connectivity index (χ1) is 9.72. The van der Waals surface area contributed by atoms with Crippen molar-refractivity contribution < 1.29 is 0 Å². The Balaban J connectivity index is 1.78. The van der Waals surface area contributed by atoms with Gasteiger partial charge in [-0.25, -0.2) is 4.98 Å². The average Bonchev–Trinajstić information content (AvgIpc) is 3.05. The Morgan fingerprint density at radius 2 is 2.35 bits per heavy atom. The third kappa shape index (κ3) is 4.52. The van der Waals surface area contributed by atoms with Crippen molar-refractivity contribution in [3.63, 3.8) is 0 Å². The quantitative estimate of drug-likeness (QED) is 0.797. The highest BCUT2D eigenvalue weighted by Crippen LogP contribution is 2.18. The van der Waals surface area contributed by atoms with Crippen molar-refractivity contribution >= 4 is 11.3 Å². The molecule has 0 radical (unpaired) electrons. The first kappa shape index (κ1) is 15.9. The molecule has 1 aromatic heterocycles. The zero-order valence-electron chi connectivity index (χ0n) is 13.1. The molecule has 1 aromatic rings. The summed E-state index contributed by atoms with van der Waals surface area (Å²) in [5, 5.41) is 6.74. The highest BCUT2D eigenvalue weighted by molar-refractivity contribution is 7.09. The fourth-order valence-corrected chi connectivity index (χ4v) is 3.71. The van der Waals surface area contributed by atoms with Crippen molar-refractivity contribution in [2.45, 2.75) is 45.8 Å². The topological polar surface area (TPSA) is 31.4 Å². The Morgan fingerprint density at radius 1 is 1.50 bits per heavy atom. The van der Waals surface area contributed by atoms with Crippen LogP contribution < -0.4 is 5.32 Å². The van der Waals surface area contributed by atoms with Crippen LogP contribution in [0.3, 0.4) is 0 Å².